The molecule has 1 unspecified atom stereocenters. The highest BCUT2D eigenvalue weighted by atomic mass is 32.2. The molecule has 0 aromatic rings. The SMILES string of the molecule is [2H]C(CCC)(CCCC#CCCCCCCCOCOC)OS(C)(=O)=O. The van der Waals surface area contributed by atoms with E-state index in [2.05, 4.69) is 11.8 Å². The Morgan fingerprint density at radius 2 is 1.64 bits per heavy atom. The molecule has 0 fully saturated rings. The Kier molecular flexibility index (Phi) is 15.1. The Bertz CT molecular complexity index is 498. The molecule has 0 aliphatic heterocycles. The van der Waals surface area contributed by atoms with E-state index in [4.69, 9.17) is 15.0 Å². The molecule has 0 aliphatic rings. The highest BCUT2D eigenvalue weighted by Crippen LogP contribution is 2.13. The zero-order valence-electron chi connectivity index (χ0n) is 17.1. The summed E-state index contributed by atoms with van der Waals surface area (Å²) in [5.41, 5.74) is 0. The molecule has 5 nitrogen and oxygen atoms in total. The standard InChI is InChI=1S/C19H36O5S/c1-4-15-19(24-25(3,20)21)16-13-11-9-7-5-6-8-10-12-14-17-23-18-22-2/h19H,4-6,8,10-18H2,1-3H3/i19D. The molecule has 0 spiro atoms. The van der Waals surface area contributed by atoms with Crippen LogP contribution in [0, 0.1) is 11.8 Å². The van der Waals surface area contributed by atoms with Gasteiger partial charge >= 0.3 is 0 Å². The van der Waals surface area contributed by atoms with Gasteiger partial charge in [-0.3, -0.25) is 4.18 Å². The van der Waals surface area contributed by atoms with Gasteiger partial charge < -0.3 is 9.47 Å². The fourth-order valence-electron chi connectivity index (χ4n) is 2.34. The van der Waals surface area contributed by atoms with Gasteiger partial charge in [0, 0.05) is 26.6 Å². The monoisotopic (exact) mass is 377 g/mol. The molecular weight excluding hydrogens is 340 g/mol. The van der Waals surface area contributed by atoms with Crippen LogP contribution in [0.2, 0.25) is 0 Å². The van der Waals surface area contributed by atoms with E-state index in [0.29, 0.717) is 38.9 Å². The molecule has 6 heteroatoms. The summed E-state index contributed by atoms with van der Waals surface area (Å²) < 4.78 is 45.7. The molecule has 0 radical (unpaired) electrons. The lowest BCUT2D eigenvalue weighted by molar-refractivity contribution is -0.0315. The van der Waals surface area contributed by atoms with Crippen molar-refractivity contribution in [1.82, 2.24) is 0 Å². The fraction of sp³-hybridized carbons (Fsp3) is 0.895. The summed E-state index contributed by atoms with van der Waals surface area (Å²) in [6.45, 7) is 3.04. The molecule has 0 bridgehead atoms. The van der Waals surface area contributed by atoms with E-state index < -0.39 is 16.2 Å². The van der Waals surface area contributed by atoms with Crippen molar-refractivity contribution in [2.75, 3.05) is 26.8 Å². The van der Waals surface area contributed by atoms with Crippen LogP contribution in [0.3, 0.4) is 0 Å². The van der Waals surface area contributed by atoms with E-state index in [1.807, 2.05) is 6.92 Å². The molecule has 0 heterocycles. The van der Waals surface area contributed by atoms with Crippen molar-refractivity contribution in [3.63, 3.8) is 0 Å². The molecule has 0 amide bonds. The third-order valence-electron chi connectivity index (χ3n) is 3.47. The molecule has 1 atom stereocenters. The van der Waals surface area contributed by atoms with Gasteiger partial charge in [-0.25, -0.2) is 0 Å². The molecule has 0 N–H and O–H groups in total. The average molecular weight is 378 g/mol. The van der Waals surface area contributed by atoms with Gasteiger partial charge in [0.2, 0.25) is 0 Å². The van der Waals surface area contributed by atoms with Crippen LogP contribution >= 0.6 is 0 Å². The van der Waals surface area contributed by atoms with E-state index >= 15 is 0 Å². The first-order chi connectivity index (χ1) is 12.3. The molecule has 0 saturated carbocycles. The molecule has 0 aliphatic carbocycles. The Hall–Kier alpha value is -0.610. The Morgan fingerprint density at radius 1 is 1.00 bits per heavy atom. The largest absolute Gasteiger partial charge is 0.359 e. The third-order valence-corrected chi connectivity index (χ3v) is 4.01. The molecule has 0 saturated heterocycles. The maximum atomic E-state index is 11.3. The molecule has 0 rings (SSSR count). The first kappa shape index (κ1) is 22.4. The van der Waals surface area contributed by atoms with E-state index in [-0.39, 0.29) is 0 Å². The van der Waals surface area contributed by atoms with E-state index in [9.17, 15) is 8.42 Å². The molecule has 0 aromatic carbocycles. The summed E-state index contributed by atoms with van der Waals surface area (Å²) in [6.07, 6.45) is 9.09. The van der Waals surface area contributed by atoms with Crippen molar-refractivity contribution in [3.8, 4) is 11.8 Å². The van der Waals surface area contributed by atoms with Crippen LogP contribution in [0.15, 0.2) is 0 Å². The van der Waals surface area contributed by atoms with Crippen LogP contribution in [0.4, 0.5) is 0 Å². The van der Waals surface area contributed by atoms with Crippen molar-refractivity contribution in [1.29, 1.82) is 0 Å². The number of hydrogen-bond donors (Lipinski definition) is 0. The van der Waals surface area contributed by atoms with Crippen LogP contribution < -0.4 is 0 Å². The number of hydrogen-bond acceptors (Lipinski definition) is 5. The van der Waals surface area contributed by atoms with Crippen LogP contribution in [0.25, 0.3) is 0 Å². The second-order valence-electron chi connectivity index (χ2n) is 6.12. The molecular formula is C19H36O5S. The van der Waals surface area contributed by atoms with Crippen LogP contribution in [0.5, 0.6) is 0 Å². The first-order valence-electron chi connectivity index (χ1n) is 9.76. The summed E-state index contributed by atoms with van der Waals surface area (Å²) >= 11 is 0. The maximum Gasteiger partial charge on any atom is 0.264 e. The zero-order chi connectivity index (χ0) is 19.7. The smallest absolute Gasteiger partial charge is 0.264 e. The molecule has 0 aromatic heterocycles. The van der Waals surface area contributed by atoms with Crippen LogP contribution in [0.1, 0.15) is 78.9 Å². The second kappa shape index (κ2) is 16.8. The van der Waals surface area contributed by atoms with Crippen LogP contribution in [-0.4, -0.2) is 41.3 Å². The maximum absolute atomic E-state index is 11.3. The number of unbranched alkanes of at least 4 members (excludes halogenated alkanes) is 6. The van der Waals surface area contributed by atoms with Crippen molar-refractivity contribution in [2.45, 2.75) is 83.6 Å². The quantitative estimate of drug-likeness (QED) is 0.174. The summed E-state index contributed by atoms with van der Waals surface area (Å²) in [5.74, 6) is 6.28. The highest BCUT2D eigenvalue weighted by Gasteiger charge is 2.13. The van der Waals surface area contributed by atoms with Gasteiger partial charge in [-0.15, -0.1) is 11.8 Å². The van der Waals surface area contributed by atoms with E-state index in [1.54, 1.807) is 7.11 Å². The number of methoxy groups -OCH3 is 1. The summed E-state index contributed by atoms with van der Waals surface area (Å²) in [7, 11) is -1.99. The minimum Gasteiger partial charge on any atom is -0.359 e. The Balaban J connectivity index is 3.72. The van der Waals surface area contributed by atoms with Crippen LogP contribution in [-0.2, 0) is 23.8 Å². The van der Waals surface area contributed by atoms with Gasteiger partial charge in [0.1, 0.15) is 6.79 Å². The first-order valence-corrected chi connectivity index (χ1v) is 11.1. The Labute approximate surface area is 156 Å². The van der Waals surface area contributed by atoms with E-state index in [0.717, 1.165) is 32.1 Å². The topological polar surface area (TPSA) is 61.8 Å². The lowest BCUT2D eigenvalue weighted by Crippen LogP contribution is -2.17. The predicted octanol–water partition coefficient (Wildman–Crippen LogP) is 4.27. The van der Waals surface area contributed by atoms with Crippen molar-refractivity contribution < 1.29 is 23.4 Å². The lowest BCUT2D eigenvalue weighted by Gasteiger charge is -2.14. The van der Waals surface area contributed by atoms with Gasteiger partial charge in [-0.2, -0.15) is 8.42 Å². The predicted molar refractivity (Wildman–Crippen MR) is 102 cm³/mol. The molecule has 25 heavy (non-hydrogen) atoms. The summed E-state index contributed by atoms with van der Waals surface area (Å²) in [6, 6.07) is 0. The van der Waals surface area contributed by atoms with Crippen molar-refractivity contribution >= 4 is 10.1 Å². The van der Waals surface area contributed by atoms with Gasteiger partial charge in [0.25, 0.3) is 10.1 Å². The second-order valence-corrected chi connectivity index (χ2v) is 7.69. The van der Waals surface area contributed by atoms with Gasteiger partial charge in [0.15, 0.2) is 0 Å². The van der Waals surface area contributed by atoms with Gasteiger partial charge in [-0.1, -0.05) is 32.6 Å². The van der Waals surface area contributed by atoms with Crippen molar-refractivity contribution in [2.24, 2.45) is 0 Å². The summed E-state index contributed by atoms with van der Waals surface area (Å²) in [5, 5.41) is 0. The minimum atomic E-state index is -3.61. The zero-order valence-corrected chi connectivity index (χ0v) is 17.0. The summed E-state index contributed by atoms with van der Waals surface area (Å²) in [4.78, 5) is 0. The molecule has 148 valence electrons. The van der Waals surface area contributed by atoms with Gasteiger partial charge in [0.05, 0.1) is 13.7 Å². The van der Waals surface area contributed by atoms with Gasteiger partial charge in [-0.05, 0) is 32.1 Å². The van der Waals surface area contributed by atoms with E-state index in [1.165, 1.54) is 19.3 Å². The lowest BCUT2D eigenvalue weighted by atomic mass is 10.1. The normalized spacial score (nSPS) is 14.4. The Morgan fingerprint density at radius 3 is 2.28 bits per heavy atom. The fourth-order valence-corrected chi connectivity index (χ4v) is 2.94. The number of ether oxygens (including phenoxy) is 2. The number of rotatable bonds is 16. The van der Waals surface area contributed by atoms with Crippen molar-refractivity contribution in [3.05, 3.63) is 0 Å². The highest BCUT2D eigenvalue weighted by molar-refractivity contribution is 7.86. The minimum absolute atomic E-state index is 0.371. The third kappa shape index (κ3) is 19.6. The average Bonchev–Trinajstić information content (AvgIpc) is 2.53.